The fourth-order valence-electron chi connectivity index (χ4n) is 4.41. The zero-order chi connectivity index (χ0) is 25.2. The van der Waals surface area contributed by atoms with Gasteiger partial charge >= 0.3 is 0 Å². The predicted octanol–water partition coefficient (Wildman–Crippen LogP) is 3.61. The monoisotopic (exact) mass is 644 g/mol. The Bertz CT molecular complexity index is 1330. The zero-order valence-electron chi connectivity index (χ0n) is 20.3. The quantitative estimate of drug-likeness (QED) is 0.368. The molecule has 5 heterocycles. The molecule has 2 amide bonds. The molecule has 3 N–H and O–H groups in total. The first-order chi connectivity index (χ1) is 17.4. The summed E-state index contributed by atoms with van der Waals surface area (Å²) in [5, 5.41) is 16.8. The van der Waals surface area contributed by atoms with Crippen LogP contribution < -0.4 is 15.4 Å². The molecule has 0 bridgehead atoms. The summed E-state index contributed by atoms with van der Waals surface area (Å²) in [5.74, 6) is 0.821. The van der Waals surface area contributed by atoms with Gasteiger partial charge in [-0.3, -0.25) is 14.6 Å². The molecule has 0 radical (unpaired) electrons. The lowest BCUT2D eigenvalue weighted by molar-refractivity contribution is -0.113. The molecule has 14 heteroatoms. The minimum absolute atomic E-state index is 0. The molecular weight excluding hydrogens is 619 g/mol. The first kappa shape index (κ1) is 30.3. The summed E-state index contributed by atoms with van der Waals surface area (Å²) in [5.41, 5.74) is 2.29. The van der Waals surface area contributed by atoms with Crippen molar-refractivity contribution in [3.63, 3.8) is 0 Å². The van der Waals surface area contributed by atoms with Gasteiger partial charge in [0.05, 0.1) is 39.4 Å². The second-order valence-corrected chi connectivity index (χ2v) is 10.6. The lowest BCUT2D eigenvalue weighted by Crippen LogP contribution is -2.45. The van der Waals surface area contributed by atoms with Crippen LogP contribution >= 0.6 is 52.5 Å². The van der Waals surface area contributed by atoms with Gasteiger partial charge in [0.2, 0.25) is 11.8 Å². The van der Waals surface area contributed by atoms with Gasteiger partial charge in [-0.15, -0.1) is 36.6 Å². The fourth-order valence-corrected chi connectivity index (χ4v) is 5.85. The average Bonchev–Trinajstić information content (AvgIpc) is 2.88. The van der Waals surface area contributed by atoms with E-state index in [1.54, 1.807) is 25.4 Å². The van der Waals surface area contributed by atoms with Crippen molar-refractivity contribution in [2.75, 3.05) is 37.8 Å². The number of hydrogen-bond acceptors (Lipinski definition) is 9. The molecular formula is C24H27BrCl2N6O4S. The molecule has 1 saturated heterocycles. The van der Waals surface area contributed by atoms with Crippen LogP contribution in [0.5, 0.6) is 5.88 Å². The Kier molecular flexibility index (Phi) is 10.6. The van der Waals surface area contributed by atoms with E-state index in [1.165, 1.54) is 11.8 Å². The van der Waals surface area contributed by atoms with Crippen LogP contribution in [0.25, 0.3) is 11.0 Å². The highest BCUT2D eigenvalue weighted by Crippen LogP contribution is 2.33. The summed E-state index contributed by atoms with van der Waals surface area (Å²) < 4.78 is 5.82. The summed E-state index contributed by atoms with van der Waals surface area (Å²) in [6.07, 6.45) is 2.44. The number of methoxy groups -OCH3 is 1. The largest absolute Gasteiger partial charge is 0.481 e. The number of aliphatic hydroxyl groups is 1. The smallest absolute Gasteiger partial charge is 0.271 e. The van der Waals surface area contributed by atoms with Gasteiger partial charge in [-0.1, -0.05) is 0 Å². The molecule has 5 rings (SSSR count). The van der Waals surface area contributed by atoms with Crippen LogP contribution in [0.1, 0.15) is 35.0 Å². The maximum atomic E-state index is 12.9. The topological polar surface area (TPSA) is 130 Å². The number of rotatable bonds is 6. The van der Waals surface area contributed by atoms with Gasteiger partial charge in [0, 0.05) is 43.5 Å². The third kappa shape index (κ3) is 6.67. The number of ether oxygens (including phenoxy) is 1. The number of aliphatic hydroxyl groups excluding tert-OH is 1. The molecule has 0 aromatic carbocycles. The molecule has 0 spiro atoms. The average molecular weight is 646 g/mol. The van der Waals surface area contributed by atoms with E-state index < -0.39 is 6.10 Å². The predicted molar refractivity (Wildman–Crippen MR) is 154 cm³/mol. The molecule has 2 aliphatic heterocycles. The van der Waals surface area contributed by atoms with Crippen molar-refractivity contribution < 1.29 is 19.4 Å². The number of fused-ring (bicyclic) bond motifs is 2. The summed E-state index contributed by atoms with van der Waals surface area (Å²) in [6.45, 7) is 1.91. The Labute approximate surface area is 244 Å². The Morgan fingerprint density at radius 2 is 2.05 bits per heavy atom. The van der Waals surface area contributed by atoms with Crippen molar-refractivity contribution >= 4 is 81.2 Å². The van der Waals surface area contributed by atoms with Crippen LogP contribution in [-0.2, 0) is 4.79 Å². The van der Waals surface area contributed by atoms with Gasteiger partial charge in [-0.2, -0.15) is 0 Å². The van der Waals surface area contributed by atoms with Crippen molar-refractivity contribution in [2.45, 2.75) is 29.9 Å². The number of carbonyl (C=O) groups excluding carboxylic acids is 2. The van der Waals surface area contributed by atoms with Crippen LogP contribution in [0.4, 0.5) is 5.82 Å². The van der Waals surface area contributed by atoms with Crippen LogP contribution in [0.3, 0.4) is 0 Å². The molecule has 0 aliphatic carbocycles. The van der Waals surface area contributed by atoms with Crippen molar-refractivity contribution in [3.05, 3.63) is 46.2 Å². The normalized spacial score (nSPS) is 16.4. The Balaban J connectivity index is 0.00000200. The number of hydrogen-bond donors (Lipinski definition) is 3. The van der Waals surface area contributed by atoms with Crippen LogP contribution in [0.15, 0.2) is 39.8 Å². The lowest BCUT2D eigenvalue weighted by Gasteiger charge is -2.33. The van der Waals surface area contributed by atoms with Crippen molar-refractivity contribution in [3.8, 4) is 5.88 Å². The SMILES string of the molecule is COc1ccc2nccc([C@@H](O)CN3CCC(NC(=O)c4nc5c(cc4Br)SCC(=O)N5)CC3)c2n1.Cl.Cl. The van der Waals surface area contributed by atoms with Crippen LogP contribution in [0.2, 0.25) is 0 Å². The molecule has 0 saturated carbocycles. The number of amides is 2. The second-order valence-electron chi connectivity index (χ2n) is 8.69. The van der Waals surface area contributed by atoms with E-state index in [0.29, 0.717) is 45.1 Å². The maximum absolute atomic E-state index is 12.9. The van der Waals surface area contributed by atoms with Crippen LogP contribution in [-0.4, -0.2) is 75.3 Å². The number of aromatic nitrogens is 3. The van der Waals surface area contributed by atoms with Gasteiger partial charge in [0.25, 0.3) is 5.91 Å². The standard InChI is InChI=1S/C24H25BrN6O4S.2ClH/c1-35-20-3-2-16-21(29-20)14(4-7-26-16)17(32)11-31-8-5-13(6-9-31)27-24(34)22-15(25)10-18-23(30-22)28-19(33)12-36-18;;/h2-4,7,10,13,17,32H,5-6,8-9,11-12H2,1H3,(H,27,34)(H,28,30,33);2*1H/t17-;;/m0../s1. The van der Waals surface area contributed by atoms with E-state index in [-0.39, 0.29) is 48.4 Å². The number of carbonyl (C=O) groups is 2. The van der Waals surface area contributed by atoms with Gasteiger partial charge in [0.15, 0.2) is 0 Å². The first-order valence-corrected chi connectivity index (χ1v) is 13.3. The summed E-state index contributed by atoms with van der Waals surface area (Å²) in [7, 11) is 1.56. The van der Waals surface area contributed by atoms with Crippen molar-refractivity contribution in [1.29, 1.82) is 0 Å². The number of pyridine rings is 3. The van der Waals surface area contributed by atoms with E-state index >= 15 is 0 Å². The number of nitrogens with one attached hydrogen (secondary N) is 2. The third-order valence-electron chi connectivity index (χ3n) is 6.28. The molecule has 2 aliphatic rings. The Morgan fingerprint density at radius 1 is 1.29 bits per heavy atom. The van der Waals surface area contributed by atoms with E-state index in [9.17, 15) is 14.7 Å². The Hall–Kier alpha value is -2.22. The molecule has 204 valence electrons. The summed E-state index contributed by atoms with van der Waals surface area (Å²) >= 11 is 4.83. The zero-order valence-corrected chi connectivity index (χ0v) is 24.4. The molecule has 0 unspecified atom stereocenters. The highest BCUT2D eigenvalue weighted by molar-refractivity contribution is 9.10. The molecule has 3 aromatic heterocycles. The highest BCUT2D eigenvalue weighted by atomic mass is 79.9. The fraction of sp³-hybridized carbons (Fsp3) is 0.375. The number of piperidine rings is 1. The Morgan fingerprint density at radius 3 is 2.79 bits per heavy atom. The molecule has 1 fully saturated rings. The number of halogens is 3. The number of β-amino-alcohol motifs (C(OH)–C–C–N with tert-alkyl or cyclic N) is 1. The summed E-state index contributed by atoms with van der Waals surface area (Å²) in [4.78, 5) is 40.8. The maximum Gasteiger partial charge on any atom is 0.271 e. The minimum atomic E-state index is -0.732. The molecule has 10 nitrogen and oxygen atoms in total. The molecule has 3 aromatic rings. The highest BCUT2D eigenvalue weighted by Gasteiger charge is 2.26. The minimum Gasteiger partial charge on any atom is -0.481 e. The molecule has 1 atom stereocenters. The number of likely N-dealkylation sites (tertiary alicyclic amines) is 1. The van der Waals surface area contributed by atoms with E-state index in [0.717, 1.165) is 30.8 Å². The second kappa shape index (κ2) is 13.2. The van der Waals surface area contributed by atoms with E-state index in [1.807, 2.05) is 12.1 Å². The first-order valence-electron chi connectivity index (χ1n) is 11.6. The van der Waals surface area contributed by atoms with Gasteiger partial charge in [-0.25, -0.2) is 9.97 Å². The van der Waals surface area contributed by atoms with Gasteiger partial charge < -0.3 is 25.4 Å². The van der Waals surface area contributed by atoms with Crippen molar-refractivity contribution in [2.24, 2.45) is 0 Å². The molecule has 38 heavy (non-hydrogen) atoms. The van der Waals surface area contributed by atoms with Gasteiger partial charge in [-0.05, 0) is 47.0 Å². The van der Waals surface area contributed by atoms with E-state index in [4.69, 9.17) is 4.74 Å². The lowest BCUT2D eigenvalue weighted by atomic mass is 10.0. The third-order valence-corrected chi connectivity index (χ3v) is 7.92. The van der Waals surface area contributed by atoms with Crippen LogP contribution in [0, 0.1) is 0 Å². The number of anilines is 1. The van der Waals surface area contributed by atoms with Crippen molar-refractivity contribution in [1.82, 2.24) is 25.2 Å². The summed E-state index contributed by atoms with van der Waals surface area (Å²) in [6, 6.07) is 7.17. The van der Waals surface area contributed by atoms with Gasteiger partial charge in [0.1, 0.15) is 11.5 Å². The number of thioether (sulfide) groups is 1. The number of nitrogens with zero attached hydrogens (tertiary/aromatic N) is 4. The van der Waals surface area contributed by atoms with E-state index in [2.05, 4.69) is 46.4 Å².